The van der Waals surface area contributed by atoms with E-state index in [1.54, 1.807) is 24.3 Å². The summed E-state index contributed by atoms with van der Waals surface area (Å²) in [6.45, 7) is -0.0196. The molecular weight excluding hydrogens is 672 g/mol. The quantitative estimate of drug-likeness (QED) is 0.168. The summed E-state index contributed by atoms with van der Waals surface area (Å²) < 4.78 is 0. The van der Waals surface area contributed by atoms with Crippen LogP contribution in [-0.2, 0) is 35.2 Å². The van der Waals surface area contributed by atoms with Gasteiger partial charge < -0.3 is 37.0 Å². The lowest BCUT2D eigenvalue weighted by Gasteiger charge is -2.29. The normalized spacial score (nSPS) is 23.0. The molecule has 1 aliphatic carbocycles. The summed E-state index contributed by atoms with van der Waals surface area (Å²) in [7, 11) is 0. The average Bonchev–Trinajstić information content (AvgIpc) is 3.14. The number of nitrogens with one attached hydrogen (secondary N) is 6. The molecule has 6 amide bonds. The highest BCUT2D eigenvalue weighted by Crippen LogP contribution is 2.27. The van der Waals surface area contributed by atoms with Crippen LogP contribution in [0.1, 0.15) is 86.7 Å². The van der Waals surface area contributed by atoms with Gasteiger partial charge in [0.1, 0.15) is 29.9 Å². The summed E-state index contributed by atoms with van der Waals surface area (Å²) in [5.41, 5.74) is 0.860. The largest absolute Gasteiger partial charge is 0.480 e. The number of benzene rings is 1. The molecule has 2 aliphatic rings. The molecule has 16 heteroatoms. The maximum absolute atomic E-state index is 14.0. The van der Waals surface area contributed by atoms with Crippen molar-refractivity contribution in [2.45, 2.75) is 101 Å². The molecule has 0 spiro atoms. The minimum absolute atomic E-state index is 0.0732. The molecular formula is C36H48N8O8. The highest BCUT2D eigenvalue weighted by atomic mass is 16.4. The maximum Gasteiger partial charge on any atom is 0.326 e. The Kier molecular flexibility index (Phi) is 15.5. The van der Waals surface area contributed by atoms with Gasteiger partial charge in [-0.1, -0.05) is 62.4 Å². The number of hydrogen-bond acceptors (Lipinski definition) is 9. The third kappa shape index (κ3) is 13.0. The number of carbonyl (C=O) groups excluding carboxylic acids is 6. The van der Waals surface area contributed by atoms with E-state index in [1.165, 1.54) is 18.6 Å². The van der Waals surface area contributed by atoms with E-state index in [2.05, 4.69) is 41.9 Å². The van der Waals surface area contributed by atoms with E-state index in [1.807, 2.05) is 6.07 Å². The standard InChI is InChI=1S/C36H48N8O8/c45-30-13-14-31(46)42-27(20-23-8-3-1-4-9-23)34(49)44-28(21-24-10-5-2-6-11-24)35(50)43-25(32(47)40-17-15-26(41-30)36(51)52)12-7-16-39-33(48)29-22-37-18-19-38-29/h2,5-6,10-11,18-19,22-23,25-28H,1,3-4,7-9,12-17,20-21H2,(H,39,48)(H,40,47)(H,41,45)(H,42,46)(H,43,50)(H,44,49)(H,51,52)/t25-,26-,27-,28-/m0/s1. The highest BCUT2D eigenvalue weighted by molar-refractivity contribution is 5.95. The summed E-state index contributed by atoms with van der Waals surface area (Å²) >= 11 is 0. The minimum atomic E-state index is -1.35. The Morgan fingerprint density at radius 2 is 1.48 bits per heavy atom. The van der Waals surface area contributed by atoms with Gasteiger partial charge in [-0.3, -0.25) is 33.8 Å². The van der Waals surface area contributed by atoms with E-state index < -0.39 is 65.6 Å². The molecule has 0 bridgehead atoms. The van der Waals surface area contributed by atoms with Crippen molar-refractivity contribution in [1.82, 2.24) is 41.9 Å². The van der Waals surface area contributed by atoms with Gasteiger partial charge >= 0.3 is 5.97 Å². The molecule has 2 heterocycles. The van der Waals surface area contributed by atoms with Gasteiger partial charge in [0.05, 0.1) is 6.20 Å². The molecule has 280 valence electrons. The topological polar surface area (TPSA) is 238 Å². The lowest BCUT2D eigenvalue weighted by molar-refractivity contribution is -0.142. The van der Waals surface area contributed by atoms with E-state index in [9.17, 15) is 38.7 Å². The van der Waals surface area contributed by atoms with Crippen LogP contribution in [-0.4, -0.2) is 93.7 Å². The lowest BCUT2D eigenvalue weighted by Crippen LogP contribution is -2.58. The SMILES string of the molecule is O=C1CCC(=O)N[C@@H](CC2CCCCC2)C(=O)N[C@@H](Cc2ccccc2)C(=O)N[C@@H](CCCNC(=O)c2cnccn2)C(=O)NCC[C@@H](C(=O)O)N1. The van der Waals surface area contributed by atoms with Crippen LogP contribution >= 0.6 is 0 Å². The van der Waals surface area contributed by atoms with Gasteiger partial charge in [-0.15, -0.1) is 0 Å². The van der Waals surface area contributed by atoms with Crippen LogP contribution in [0.3, 0.4) is 0 Å². The Bertz CT molecular complexity index is 1540. The summed E-state index contributed by atoms with van der Waals surface area (Å²) in [6.07, 6.45) is 9.02. The van der Waals surface area contributed by atoms with Gasteiger partial charge in [0.25, 0.3) is 5.91 Å². The zero-order valence-electron chi connectivity index (χ0n) is 29.1. The molecule has 0 unspecified atom stereocenters. The molecule has 52 heavy (non-hydrogen) atoms. The average molecular weight is 721 g/mol. The van der Waals surface area contributed by atoms with E-state index >= 15 is 0 Å². The predicted octanol–water partition coefficient (Wildman–Crippen LogP) is 0.524. The Morgan fingerprint density at radius 1 is 0.788 bits per heavy atom. The van der Waals surface area contributed by atoms with Crippen LogP contribution in [0.15, 0.2) is 48.9 Å². The van der Waals surface area contributed by atoms with Crippen molar-refractivity contribution in [3.63, 3.8) is 0 Å². The second-order valence-corrected chi connectivity index (χ2v) is 13.2. The second kappa shape index (κ2) is 20.4. The fourth-order valence-corrected chi connectivity index (χ4v) is 6.36. The molecule has 1 saturated carbocycles. The number of carboxylic acid groups (broad SMARTS) is 1. The summed E-state index contributed by atoms with van der Waals surface area (Å²) in [4.78, 5) is 99.3. The number of rotatable bonds is 10. The lowest BCUT2D eigenvalue weighted by atomic mass is 9.84. The van der Waals surface area contributed by atoms with Crippen molar-refractivity contribution < 1.29 is 38.7 Å². The highest BCUT2D eigenvalue weighted by Gasteiger charge is 2.32. The van der Waals surface area contributed by atoms with Crippen molar-refractivity contribution in [3.05, 3.63) is 60.2 Å². The molecule has 0 radical (unpaired) electrons. The molecule has 1 saturated heterocycles. The Balaban J connectivity index is 1.57. The van der Waals surface area contributed by atoms with Crippen LogP contribution < -0.4 is 31.9 Å². The first-order valence-electron chi connectivity index (χ1n) is 17.9. The van der Waals surface area contributed by atoms with E-state index in [0.29, 0.717) is 6.42 Å². The van der Waals surface area contributed by atoms with E-state index in [4.69, 9.17) is 0 Å². The summed E-state index contributed by atoms with van der Waals surface area (Å²) in [6, 6.07) is 4.43. The van der Waals surface area contributed by atoms with Gasteiger partial charge in [0.15, 0.2) is 0 Å². The molecule has 2 fully saturated rings. The molecule has 16 nitrogen and oxygen atoms in total. The first-order chi connectivity index (χ1) is 25.1. The molecule has 7 N–H and O–H groups in total. The van der Waals surface area contributed by atoms with E-state index in [-0.39, 0.29) is 63.2 Å². The summed E-state index contributed by atoms with van der Waals surface area (Å²) in [5.74, 6) is -4.66. The number of nitrogens with zero attached hydrogens (tertiary/aromatic N) is 2. The number of aromatic nitrogens is 2. The fraction of sp³-hybridized carbons (Fsp3) is 0.528. The summed E-state index contributed by atoms with van der Waals surface area (Å²) in [5, 5.41) is 25.8. The number of carbonyl (C=O) groups is 7. The predicted molar refractivity (Wildman–Crippen MR) is 187 cm³/mol. The van der Waals surface area contributed by atoms with Gasteiger partial charge in [-0.25, -0.2) is 9.78 Å². The fourth-order valence-electron chi connectivity index (χ4n) is 6.36. The zero-order chi connectivity index (χ0) is 37.3. The maximum atomic E-state index is 14.0. The van der Waals surface area contributed by atoms with E-state index in [0.717, 1.165) is 37.7 Å². The van der Waals surface area contributed by atoms with Gasteiger partial charge in [0.2, 0.25) is 29.5 Å². The van der Waals surface area contributed by atoms with Gasteiger partial charge in [-0.05, 0) is 37.2 Å². The third-order valence-corrected chi connectivity index (χ3v) is 9.19. The smallest absolute Gasteiger partial charge is 0.326 e. The molecule has 1 aromatic heterocycles. The Morgan fingerprint density at radius 3 is 2.17 bits per heavy atom. The van der Waals surface area contributed by atoms with Crippen LogP contribution in [0.5, 0.6) is 0 Å². The number of hydrogen-bond donors (Lipinski definition) is 7. The van der Waals surface area contributed by atoms with Gasteiger partial charge in [0, 0.05) is 44.7 Å². The molecule has 4 atom stereocenters. The van der Waals surface area contributed by atoms with Crippen molar-refractivity contribution >= 4 is 41.4 Å². The van der Waals surface area contributed by atoms with Crippen LogP contribution in [0, 0.1) is 5.92 Å². The first kappa shape index (κ1) is 39.4. The second-order valence-electron chi connectivity index (χ2n) is 13.2. The first-order valence-corrected chi connectivity index (χ1v) is 17.9. The van der Waals surface area contributed by atoms with Crippen LogP contribution in [0.2, 0.25) is 0 Å². The van der Waals surface area contributed by atoms with Gasteiger partial charge in [-0.2, -0.15) is 0 Å². The van der Waals surface area contributed by atoms with Crippen molar-refractivity contribution in [3.8, 4) is 0 Å². The van der Waals surface area contributed by atoms with Crippen LogP contribution in [0.4, 0.5) is 0 Å². The number of aliphatic carboxylic acids is 1. The number of carboxylic acids is 1. The monoisotopic (exact) mass is 720 g/mol. The van der Waals surface area contributed by atoms with Crippen molar-refractivity contribution in [2.75, 3.05) is 13.1 Å². The Hall–Kier alpha value is -5.41. The molecule has 1 aliphatic heterocycles. The zero-order valence-corrected chi connectivity index (χ0v) is 29.1. The molecule has 4 rings (SSSR count). The molecule has 1 aromatic carbocycles. The van der Waals surface area contributed by atoms with Crippen molar-refractivity contribution in [1.29, 1.82) is 0 Å². The van der Waals surface area contributed by atoms with Crippen LogP contribution in [0.25, 0.3) is 0 Å². The number of amides is 6. The van der Waals surface area contributed by atoms with Crippen molar-refractivity contribution in [2.24, 2.45) is 5.92 Å². The third-order valence-electron chi connectivity index (χ3n) is 9.19. The minimum Gasteiger partial charge on any atom is -0.480 e. The molecule has 2 aromatic rings. The Labute approximate surface area is 302 Å².